The summed E-state index contributed by atoms with van der Waals surface area (Å²) in [6, 6.07) is 12.0. The van der Waals surface area contributed by atoms with E-state index in [1.54, 1.807) is 14.0 Å². The van der Waals surface area contributed by atoms with Crippen LogP contribution in [0.3, 0.4) is 0 Å². The average Bonchev–Trinajstić information content (AvgIpc) is 2.81. The maximum atomic E-state index is 11.8. The zero-order valence-electron chi connectivity index (χ0n) is 14.1. The Balaban J connectivity index is 2.28. The lowest BCUT2D eigenvalue weighted by Crippen LogP contribution is -2.09. The number of hydrogen-bond donors (Lipinski definition) is 0. The largest absolute Gasteiger partial charge is 0.426 e. The molecule has 0 aromatic heterocycles. The molecule has 24 heavy (non-hydrogen) atoms. The van der Waals surface area contributed by atoms with Crippen molar-refractivity contribution in [2.24, 2.45) is 0 Å². The Morgan fingerprint density at radius 2 is 1.83 bits per heavy atom. The Hall–Kier alpha value is -2.46. The number of Topliss-reactive ketones (excluding diaryl/α,β-unsaturated/α-hetero) is 1. The van der Waals surface area contributed by atoms with Crippen LogP contribution in [0.1, 0.15) is 37.3 Å². The Bertz CT molecular complexity index is 848. The van der Waals surface area contributed by atoms with Gasteiger partial charge in [-0.1, -0.05) is 36.4 Å². The van der Waals surface area contributed by atoms with Gasteiger partial charge in [-0.05, 0) is 23.3 Å². The molecule has 124 valence electrons. The van der Waals surface area contributed by atoms with Gasteiger partial charge in [0.15, 0.2) is 0 Å². The molecule has 0 bridgehead atoms. The zero-order chi connectivity index (χ0) is 17.3. The van der Waals surface area contributed by atoms with Gasteiger partial charge in [0, 0.05) is 37.5 Å². The minimum Gasteiger partial charge on any atom is -0.426 e. The number of carbonyl (C=O) groups is 2. The monoisotopic (exact) mass is 324 g/mol. The number of ether oxygens (including phenoxy) is 2. The number of rotatable bonds is 5. The van der Waals surface area contributed by atoms with Crippen molar-refractivity contribution in [1.29, 1.82) is 0 Å². The lowest BCUT2D eigenvalue weighted by atomic mass is 9.90. The Labute approximate surface area is 141 Å². The van der Waals surface area contributed by atoms with Gasteiger partial charge in [0.1, 0.15) is 11.5 Å². The molecule has 2 aromatic carbocycles. The summed E-state index contributed by atoms with van der Waals surface area (Å²) >= 11 is 0. The normalized spacial score (nSPS) is 16.4. The number of ketones is 1. The first-order chi connectivity index (χ1) is 11.5. The molecule has 1 aliphatic carbocycles. The van der Waals surface area contributed by atoms with Crippen molar-refractivity contribution >= 4 is 28.3 Å². The van der Waals surface area contributed by atoms with Gasteiger partial charge in [-0.15, -0.1) is 0 Å². The topological polar surface area (TPSA) is 52.6 Å². The van der Waals surface area contributed by atoms with Crippen LogP contribution in [0.5, 0.6) is 0 Å². The number of benzene rings is 2. The molecule has 0 radical (unpaired) electrons. The van der Waals surface area contributed by atoms with Crippen LogP contribution in [0.25, 0.3) is 16.5 Å². The first-order valence-corrected chi connectivity index (χ1v) is 7.94. The van der Waals surface area contributed by atoms with Crippen LogP contribution in [0.15, 0.2) is 42.0 Å². The van der Waals surface area contributed by atoms with E-state index in [4.69, 9.17) is 9.47 Å². The van der Waals surface area contributed by atoms with Gasteiger partial charge < -0.3 is 9.47 Å². The second-order valence-electron chi connectivity index (χ2n) is 6.09. The third-order valence-corrected chi connectivity index (χ3v) is 4.31. The van der Waals surface area contributed by atoms with Crippen LogP contribution in [-0.4, -0.2) is 25.5 Å². The molecule has 0 heterocycles. The predicted octanol–water partition coefficient (Wildman–Crippen LogP) is 3.84. The summed E-state index contributed by atoms with van der Waals surface area (Å²) in [5, 5.41) is 2.09. The highest BCUT2D eigenvalue weighted by Gasteiger charge is 2.35. The minimum atomic E-state index is -0.374. The van der Waals surface area contributed by atoms with Crippen LogP contribution >= 0.6 is 0 Å². The number of esters is 1. The summed E-state index contributed by atoms with van der Waals surface area (Å²) in [6.07, 6.45) is 0.370. The van der Waals surface area contributed by atoms with Gasteiger partial charge in [0.25, 0.3) is 0 Å². The second-order valence-corrected chi connectivity index (χ2v) is 6.09. The molecule has 1 atom stereocenters. The quantitative estimate of drug-likeness (QED) is 0.784. The molecule has 0 aliphatic heterocycles. The first-order valence-electron chi connectivity index (χ1n) is 7.94. The molecule has 0 saturated carbocycles. The van der Waals surface area contributed by atoms with E-state index in [1.165, 1.54) is 6.92 Å². The fourth-order valence-electron chi connectivity index (χ4n) is 3.44. The molecule has 4 nitrogen and oxygen atoms in total. The van der Waals surface area contributed by atoms with E-state index < -0.39 is 0 Å². The summed E-state index contributed by atoms with van der Waals surface area (Å²) in [7, 11) is 1.60. The molecule has 0 saturated heterocycles. The van der Waals surface area contributed by atoms with Crippen molar-refractivity contribution in [2.45, 2.75) is 26.2 Å². The molecular formula is C20H20O4. The van der Waals surface area contributed by atoms with E-state index in [0.717, 1.165) is 27.5 Å². The van der Waals surface area contributed by atoms with E-state index in [1.807, 2.05) is 36.4 Å². The lowest BCUT2D eigenvalue weighted by Gasteiger charge is -2.14. The molecule has 4 heteroatoms. The van der Waals surface area contributed by atoms with Gasteiger partial charge in [0.2, 0.25) is 0 Å². The van der Waals surface area contributed by atoms with Crippen LogP contribution in [0, 0.1) is 0 Å². The van der Waals surface area contributed by atoms with E-state index in [9.17, 15) is 9.59 Å². The number of fused-ring (bicyclic) bond motifs is 3. The van der Waals surface area contributed by atoms with Crippen molar-refractivity contribution in [3.63, 3.8) is 0 Å². The summed E-state index contributed by atoms with van der Waals surface area (Å²) in [6.45, 7) is 3.29. The fraction of sp³-hybridized carbons (Fsp3) is 0.300. The maximum Gasteiger partial charge on any atom is 0.308 e. The summed E-state index contributed by atoms with van der Waals surface area (Å²) in [4.78, 5) is 23.4. The van der Waals surface area contributed by atoms with Crippen molar-refractivity contribution in [3.8, 4) is 0 Å². The maximum absolute atomic E-state index is 11.8. The van der Waals surface area contributed by atoms with E-state index >= 15 is 0 Å². The average molecular weight is 324 g/mol. The highest BCUT2D eigenvalue weighted by atomic mass is 16.5. The molecule has 1 aliphatic rings. The molecule has 1 unspecified atom stereocenters. The van der Waals surface area contributed by atoms with Crippen molar-refractivity contribution < 1.29 is 19.1 Å². The zero-order valence-corrected chi connectivity index (χ0v) is 14.1. The summed E-state index contributed by atoms with van der Waals surface area (Å²) < 4.78 is 10.9. The third kappa shape index (κ3) is 2.85. The van der Waals surface area contributed by atoms with Crippen molar-refractivity contribution in [3.05, 3.63) is 53.1 Å². The van der Waals surface area contributed by atoms with Gasteiger partial charge in [0.05, 0.1) is 6.61 Å². The SMILES string of the molecule is COCC1=C(OC(C)=O)c2c(ccc3ccccc23)C1CC(C)=O. The highest BCUT2D eigenvalue weighted by molar-refractivity contribution is 5.99. The Morgan fingerprint density at radius 1 is 1.08 bits per heavy atom. The van der Waals surface area contributed by atoms with Gasteiger partial charge in [-0.3, -0.25) is 9.59 Å². The van der Waals surface area contributed by atoms with E-state index in [0.29, 0.717) is 18.8 Å². The third-order valence-electron chi connectivity index (χ3n) is 4.31. The van der Waals surface area contributed by atoms with Gasteiger partial charge in [-0.2, -0.15) is 0 Å². The molecule has 0 spiro atoms. The molecular weight excluding hydrogens is 304 g/mol. The van der Waals surface area contributed by atoms with Crippen molar-refractivity contribution in [1.82, 2.24) is 0 Å². The molecule has 0 fully saturated rings. The Morgan fingerprint density at radius 3 is 2.50 bits per heavy atom. The van der Waals surface area contributed by atoms with Gasteiger partial charge in [-0.25, -0.2) is 0 Å². The molecule has 2 aromatic rings. The number of hydrogen-bond acceptors (Lipinski definition) is 4. The standard InChI is InChI=1S/C20H20O4/c1-12(21)10-17-16-9-8-14-6-4-5-7-15(14)19(16)20(24-13(2)22)18(17)11-23-3/h4-9,17H,10-11H2,1-3H3. The number of carbonyl (C=O) groups excluding carboxylic acids is 2. The molecule has 3 rings (SSSR count). The van der Waals surface area contributed by atoms with E-state index in [-0.39, 0.29) is 17.7 Å². The molecule has 0 amide bonds. The first kappa shape index (κ1) is 16.4. The predicted molar refractivity (Wildman–Crippen MR) is 92.5 cm³/mol. The smallest absolute Gasteiger partial charge is 0.308 e. The minimum absolute atomic E-state index is 0.0942. The molecule has 0 N–H and O–H groups in total. The highest BCUT2D eigenvalue weighted by Crippen LogP contribution is 2.47. The second kappa shape index (κ2) is 6.57. The van der Waals surface area contributed by atoms with Crippen LogP contribution < -0.4 is 0 Å². The van der Waals surface area contributed by atoms with Crippen LogP contribution in [0.4, 0.5) is 0 Å². The summed E-state index contributed by atoms with van der Waals surface area (Å²) in [5.74, 6) is 0.150. The summed E-state index contributed by atoms with van der Waals surface area (Å²) in [5.41, 5.74) is 2.78. The lowest BCUT2D eigenvalue weighted by molar-refractivity contribution is -0.134. The fourth-order valence-corrected chi connectivity index (χ4v) is 3.44. The van der Waals surface area contributed by atoms with Crippen LogP contribution in [0.2, 0.25) is 0 Å². The Kier molecular flexibility index (Phi) is 4.49. The van der Waals surface area contributed by atoms with Gasteiger partial charge >= 0.3 is 5.97 Å². The number of methoxy groups -OCH3 is 1. The van der Waals surface area contributed by atoms with E-state index in [2.05, 4.69) is 0 Å². The van der Waals surface area contributed by atoms with Crippen molar-refractivity contribution in [2.75, 3.05) is 13.7 Å². The van der Waals surface area contributed by atoms with Crippen LogP contribution in [-0.2, 0) is 19.1 Å².